The van der Waals surface area contributed by atoms with E-state index in [1.54, 1.807) is 0 Å². The van der Waals surface area contributed by atoms with Gasteiger partial charge in [-0.3, -0.25) is 0 Å². The Hall–Kier alpha value is -2.02. The molecule has 1 heterocycles. The summed E-state index contributed by atoms with van der Waals surface area (Å²) in [6.45, 7) is 0.133. The minimum absolute atomic E-state index is 0.0252. The molecule has 0 aliphatic heterocycles. The lowest BCUT2D eigenvalue weighted by Gasteiger charge is -2.11. The van der Waals surface area contributed by atoms with Crippen LogP contribution in [0.5, 0.6) is 0 Å². The van der Waals surface area contributed by atoms with E-state index in [0.717, 1.165) is 12.1 Å². The fourth-order valence-electron chi connectivity index (χ4n) is 1.65. The van der Waals surface area contributed by atoms with Crippen LogP contribution >= 0.6 is 11.6 Å². The van der Waals surface area contributed by atoms with Gasteiger partial charge in [0.25, 0.3) is 0 Å². The van der Waals surface area contributed by atoms with Gasteiger partial charge >= 0.3 is 6.18 Å². The number of nitrogen functional groups attached to an aromatic ring is 1. The average molecular weight is 320 g/mol. The first-order valence-corrected chi connectivity index (χ1v) is 6.16. The highest BCUT2D eigenvalue weighted by molar-refractivity contribution is 6.30. The number of pyridine rings is 1. The minimum atomic E-state index is -4.51. The molecule has 0 aliphatic rings. The van der Waals surface area contributed by atoms with Crippen molar-refractivity contribution in [3.8, 4) is 0 Å². The molecule has 0 atom stereocenters. The van der Waals surface area contributed by atoms with E-state index in [9.17, 15) is 17.6 Å². The van der Waals surface area contributed by atoms with Crippen LogP contribution in [0.15, 0.2) is 30.3 Å². The highest BCUT2D eigenvalue weighted by Gasteiger charge is 2.31. The zero-order valence-electron chi connectivity index (χ0n) is 10.5. The van der Waals surface area contributed by atoms with Gasteiger partial charge in [0, 0.05) is 6.54 Å². The fraction of sp³-hybridized carbons (Fsp3) is 0.154. The normalized spacial score (nSPS) is 11.5. The van der Waals surface area contributed by atoms with Gasteiger partial charge in [0.2, 0.25) is 0 Å². The van der Waals surface area contributed by atoms with Crippen molar-refractivity contribution in [2.45, 2.75) is 12.7 Å². The van der Waals surface area contributed by atoms with Crippen molar-refractivity contribution in [1.29, 1.82) is 0 Å². The molecule has 0 spiro atoms. The monoisotopic (exact) mass is 319 g/mol. The first kappa shape index (κ1) is 15.4. The smallest absolute Gasteiger partial charge is 0.384 e. The number of hydrogen-bond acceptors (Lipinski definition) is 3. The fourth-order valence-corrected chi connectivity index (χ4v) is 1.85. The topological polar surface area (TPSA) is 50.9 Å². The molecule has 1 aromatic heterocycles. The standard InChI is InChI=1S/C13H10ClF4N3/c14-9-3-7(1-2-10(9)15)6-20-12-5-8(13(16,17)18)4-11(19)21-12/h1-5H,6H2,(H3,19,20,21). The summed E-state index contributed by atoms with van der Waals surface area (Å²) in [6, 6.07) is 5.61. The van der Waals surface area contributed by atoms with Crippen LogP contribution in [0.1, 0.15) is 11.1 Å². The van der Waals surface area contributed by atoms with Crippen LogP contribution in [0.2, 0.25) is 5.02 Å². The van der Waals surface area contributed by atoms with Gasteiger partial charge in [-0.1, -0.05) is 17.7 Å². The highest BCUT2D eigenvalue weighted by atomic mass is 35.5. The Labute approximate surface area is 122 Å². The number of aromatic nitrogens is 1. The van der Waals surface area contributed by atoms with Crippen LogP contribution < -0.4 is 11.1 Å². The summed E-state index contributed by atoms with van der Waals surface area (Å²) in [6.07, 6.45) is -4.51. The van der Waals surface area contributed by atoms with Gasteiger partial charge in [0.1, 0.15) is 17.5 Å². The Morgan fingerprint density at radius 2 is 1.90 bits per heavy atom. The van der Waals surface area contributed by atoms with Gasteiger partial charge < -0.3 is 11.1 Å². The highest BCUT2D eigenvalue weighted by Crippen LogP contribution is 2.31. The molecule has 3 nitrogen and oxygen atoms in total. The number of nitrogens with two attached hydrogens (primary N) is 1. The molecule has 0 aliphatic carbocycles. The number of nitrogens with zero attached hydrogens (tertiary/aromatic N) is 1. The van der Waals surface area contributed by atoms with Gasteiger partial charge in [-0.05, 0) is 29.8 Å². The van der Waals surface area contributed by atoms with E-state index >= 15 is 0 Å². The van der Waals surface area contributed by atoms with Crippen molar-refractivity contribution in [1.82, 2.24) is 4.98 Å². The molecule has 3 N–H and O–H groups in total. The van der Waals surface area contributed by atoms with Crippen LogP contribution in [0.25, 0.3) is 0 Å². The van der Waals surface area contributed by atoms with E-state index in [0.29, 0.717) is 5.56 Å². The molecule has 0 saturated carbocycles. The maximum atomic E-state index is 13.0. The molecule has 2 rings (SSSR count). The van der Waals surface area contributed by atoms with Crippen molar-refractivity contribution < 1.29 is 17.6 Å². The summed E-state index contributed by atoms with van der Waals surface area (Å²) < 4.78 is 50.9. The molecule has 0 bridgehead atoms. The van der Waals surface area contributed by atoms with Crippen molar-refractivity contribution in [2.75, 3.05) is 11.1 Å². The first-order valence-electron chi connectivity index (χ1n) is 5.78. The third kappa shape index (κ3) is 3.98. The van der Waals surface area contributed by atoms with Crippen LogP contribution in [0, 0.1) is 5.82 Å². The van der Waals surface area contributed by atoms with E-state index in [1.807, 2.05) is 0 Å². The van der Waals surface area contributed by atoms with Crippen molar-refractivity contribution in [3.05, 3.63) is 52.3 Å². The Morgan fingerprint density at radius 1 is 1.19 bits per heavy atom. The van der Waals surface area contributed by atoms with Crippen LogP contribution in [0.3, 0.4) is 0 Å². The van der Waals surface area contributed by atoms with E-state index in [2.05, 4.69) is 10.3 Å². The average Bonchev–Trinajstić information content (AvgIpc) is 2.38. The Balaban J connectivity index is 2.16. The summed E-state index contributed by atoms with van der Waals surface area (Å²) in [7, 11) is 0. The second-order valence-corrected chi connectivity index (χ2v) is 4.67. The summed E-state index contributed by atoms with van der Waals surface area (Å²) in [5, 5.41) is 2.62. The number of halogens is 5. The quantitative estimate of drug-likeness (QED) is 0.838. The summed E-state index contributed by atoms with van der Waals surface area (Å²) in [4.78, 5) is 3.76. The first-order chi connectivity index (χ1) is 9.75. The Morgan fingerprint density at radius 3 is 2.52 bits per heavy atom. The molecule has 2 aromatic rings. The number of hydrogen-bond donors (Lipinski definition) is 2. The molecule has 112 valence electrons. The molecule has 8 heteroatoms. The van der Waals surface area contributed by atoms with Gasteiger partial charge in [-0.2, -0.15) is 13.2 Å². The molecule has 0 amide bonds. The Bertz CT molecular complexity index is 658. The SMILES string of the molecule is Nc1cc(C(F)(F)F)cc(NCc2ccc(F)c(Cl)c2)n1. The lowest BCUT2D eigenvalue weighted by molar-refractivity contribution is -0.137. The Kier molecular flexibility index (Phi) is 4.22. The predicted molar refractivity (Wildman–Crippen MR) is 72.4 cm³/mol. The molecule has 0 saturated heterocycles. The van der Waals surface area contributed by atoms with Crippen LogP contribution in [0.4, 0.5) is 29.2 Å². The van der Waals surface area contributed by atoms with E-state index in [4.69, 9.17) is 17.3 Å². The van der Waals surface area contributed by atoms with E-state index in [-0.39, 0.29) is 23.2 Å². The van der Waals surface area contributed by atoms with Gasteiger partial charge in [0.15, 0.2) is 0 Å². The van der Waals surface area contributed by atoms with Gasteiger partial charge in [-0.25, -0.2) is 9.37 Å². The molecule has 0 fully saturated rings. The lowest BCUT2D eigenvalue weighted by atomic mass is 10.2. The maximum Gasteiger partial charge on any atom is 0.416 e. The third-order valence-electron chi connectivity index (χ3n) is 2.63. The minimum Gasteiger partial charge on any atom is -0.384 e. The van der Waals surface area contributed by atoms with E-state index < -0.39 is 17.6 Å². The van der Waals surface area contributed by atoms with Crippen LogP contribution in [-0.2, 0) is 12.7 Å². The zero-order chi connectivity index (χ0) is 15.6. The summed E-state index contributed by atoms with van der Waals surface area (Å²) in [5.74, 6) is -0.839. The number of nitrogens with one attached hydrogen (secondary N) is 1. The maximum absolute atomic E-state index is 13.0. The van der Waals surface area contributed by atoms with Crippen LogP contribution in [-0.4, -0.2) is 4.98 Å². The molecule has 1 aromatic carbocycles. The summed E-state index contributed by atoms with van der Waals surface area (Å²) in [5.41, 5.74) is 5.05. The second kappa shape index (κ2) is 5.77. The van der Waals surface area contributed by atoms with Crippen molar-refractivity contribution in [2.24, 2.45) is 0 Å². The molecule has 0 unspecified atom stereocenters. The molecule has 21 heavy (non-hydrogen) atoms. The number of benzene rings is 1. The molecule has 0 radical (unpaired) electrons. The zero-order valence-corrected chi connectivity index (χ0v) is 11.3. The lowest BCUT2D eigenvalue weighted by Crippen LogP contribution is -2.09. The van der Waals surface area contributed by atoms with Gasteiger partial charge in [-0.15, -0.1) is 0 Å². The second-order valence-electron chi connectivity index (χ2n) is 4.27. The van der Waals surface area contributed by atoms with Crippen molar-refractivity contribution >= 4 is 23.2 Å². The van der Waals surface area contributed by atoms with Crippen molar-refractivity contribution in [3.63, 3.8) is 0 Å². The predicted octanol–water partition coefficient (Wildman–Crippen LogP) is 4.09. The largest absolute Gasteiger partial charge is 0.416 e. The van der Waals surface area contributed by atoms with Gasteiger partial charge in [0.05, 0.1) is 10.6 Å². The third-order valence-corrected chi connectivity index (χ3v) is 2.92. The number of rotatable bonds is 3. The molecular formula is C13H10ClF4N3. The number of alkyl halides is 3. The van der Waals surface area contributed by atoms with E-state index in [1.165, 1.54) is 18.2 Å². The summed E-state index contributed by atoms with van der Waals surface area (Å²) >= 11 is 5.62. The number of anilines is 2. The molecular weight excluding hydrogens is 310 g/mol.